The van der Waals surface area contributed by atoms with Crippen LogP contribution in [0.3, 0.4) is 0 Å². The molecule has 0 saturated carbocycles. The van der Waals surface area contributed by atoms with Gasteiger partial charge in [-0.15, -0.1) is 10.2 Å². The lowest BCUT2D eigenvalue weighted by Crippen LogP contribution is -2.19. The van der Waals surface area contributed by atoms with E-state index in [9.17, 15) is 35.5 Å². The number of benzene rings is 2. The first-order chi connectivity index (χ1) is 17.2. The van der Waals surface area contributed by atoms with Crippen LogP contribution in [0.15, 0.2) is 65.1 Å². The molecule has 0 bridgehead atoms. The van der Waals surface area contributed by atoms with Crippen molar-refractivity contribution in [2.45, 2.75) is 18.3 Å². The quantitative estimate of drug-likeness (QED) is 0.170. The fourth-order valence-corrected chi connectivity index (χ4v) is 3.59. The van der Waals surface area contributed by atoms with E-state index in [1.165, 1.54) is 18.5 Å². The molecule has 0 aliphatic carbocycles. The van der Waals surface area contributed by atoms with E-state index in [-0.39, 0.29) is 33.2 Å². The standard InChI is InChI=1S/C22H10Cl3F7N4O/c23-15-7-11(8-16(24)18(15)25)13(21(27,28)29)9-17(26)10-2-3-12(14(6-10)22(30,31)32)19(37)35-36-20-33-4-1-5-34-20/h1-9,13H/b17-9-,36-35?. The summed E-state index contributed by atoms with van der Waals surface area (Å²) in [6.45, 7) is 0. The van der Waals surface area contributed by atoms with E-state index in [0.29, 0.717) is 12.1 Å². The molecule has 0 radical (unpaired) electrons. The Morgan fingerprint density at radius 3 is 2.08 bits per heavy atom. The van der Waals surface area contributed by atoms with E-state index < -0.39 is 52.3 Å². The minimum Gasteiger partial charge on any atom is -0.265 e. The molecule has 0 spiro atoms. The summed E-state index contributed by atoms with van der Waals surface area (Å²) in [6.07, 6.45) is -7.73. The molecule has 3 aromatic rings. The third kappa shape index (κ3) is 7.02. The van der Waals surface area contributed by atoms with Gasteiger partial charge in [-0.25, -0.2) is 14.4 Å². The van der Waals surface area contributed by atoms with Crippen molar-refractivity contribution in [3.05, 3.63) is 92.2 Å². The molecule has 0 N–H and O–H groups in total. The van der Waals surface area contributed by atoms with Gasteiger partial charge in [0, 0.05) is 18.0 Å². The molecule has 3 rings (SSSR count). The molecule has 1 atom stereocenters. The molecule has 0 aliphatic heterocycles. The summed E-state index contributed by atoms with van der Waals surface area (Å²) in [5, 5.41) is 5.53. The highest BCUT2D eigenvalue weighted by molar-refractivity contribution is 6.48. The fraction of sp³-hybridized carbons (Fsp3) is 0.136. The Hall–Kier alpha value is -3.09. The van der Waals surface area contributed by atoms with Crippen LogP contribution < -0.4 is 0 Å². The monoisotopic (exact) mass is 584 g/mol. The molecule has 0 fully saturated rings. The van der Waals surface area contributed by atoms with E-state index in [2.05, 4.69) is 20.2 Å². The second-order valence-corrected chi connectivity index (χ2v) is 8.34. The number of carbonyl (C=O) groups excluding carboxylic acids is 1. The Morgan fingerprint density at radius 1 is 0.946 bits per heavy atom. The van der Waals surface area contributed by atoms with Crippen molar-refractivity contribution < 1.29 is 35.5 Å². The molecule has 37 heavy (non-hydrogen) atoms. The van der Waals surface area contributed by atoms with Crippen LogP contribution in [0.2, 0.25) is 15.1 Å². The average molecular weight is 586 g/mol. The number of amides is 1. The molecular weight excluding hydrogens is 576 g/mol. The third-order valence-corrected chi connectivity index (χ3v) is 5.84. The van der Waals surface area contributed by atoms with Gasteiger partial charge in [-0.2, -0.15) is 26.3 Å². The van der Waals surface area contributed by atoms with Crippen LogP contribution >= 0.6 is 34.8 Å². The Kier molecular flexibility index (Phi) is 8.56. The van der Waals surface area contributed by atoms with Crippen molar-refractivity contribution in [2.75, 3.05) is 0 Å². The molecular formula is C22H10Cl3F7N4O. The van der Waals surface area contributed by atoms with E-state index in [4.69, 9.17) is 34.8 Å². The molecule has 194 valence electrons. The van der Waals surface area contributed by atoms with Gasteiger partial charge in [0.15, 0.2) is 0 Å². The van der Waals surface area contributed by atoms with Gasteiger partial charge in [0.1, 0.15) is 11.7 Å². The van der Waals surface area contributed by atoms with E-state index >= 15 is 0 Å². The zero-order valence-electron chi connectivity index (χ0n) is 17.8. The van der Waals surface area contributed by atoms with Crippen molar-refractivity contribution in [3.63, 3.8) is 0 Å². The van der Waals surface area contributed by atoms with Gasteiger partial charge in [-0.05, 0) is 42.0 Å². The molecule has 1 heterocycles. The first kappa shape index (κ1) is 28.5. The highest BCUT2D eigenvalue weighted by Gasteiger charge is 2.41. The zero-order chi connectivity index (χ0) is 27.5. The second kappa shape index (κ2) is 11.1. The molecule has 1 amide bonds. The van der Waals surface area contributed by atoms with Crippen LogP contribution in [0.1, 0.15) is 33.0 Å². The Balaban J connectivity index is 2.04. The normalized spacial score (nSPS) is 13.7. The van der Waals surface area contributed by atoms with Gasteiger partial charge in [-0.3, -0.25) is 4.79 Å². The van der Waals surface area contributed by atoms with E-state index in [0.717, 1.165) is 12.1 Å². The summed E-state index contributed by atoms with van der Waals surface area (Å²) in [7, 11) is 0. The number of nitrogens with zero attached hydrogens (tertiary/aromatic N) is 4. The van der Waals surface area contributed by atoms with Crippen molar-refractivity contribution >= 4 is 52.5 Å². The van der Waals surface area contributed by atoms with Crippen molar-refractivity contribution in [1.29, 1.82) is 0 Å². The highest BCUT2D eigenvalue weighted by Crippen LogP contribution is 2.42. The predicted octanol–water partition coefficient (Wildman–Crippen LogP) is 9.04. The van der Waals surface area contributed by atoms with Gasteiger partial charge in [-0.1, -0.05) is 40.9 Å². The molecule has 1 aromatic heterocycles. The first-order valence-corrected chi connectivity index (χ1v) is 10.8. The van der Waals surface area contributed by atoms with E-state index in [1.807, 2.05) is 0 Å². The maximum atomic E-state index is 14.9. The Morgan fingerprint density at radius 2 is 1.54 bits per heavy atom. The van der Waals surface area contributed by atoms with Crippen molar-refractivity contribution in [3.8, 4) is 0 Å². The summed E-state index contributed by atoms with van der Waals surface area (Å²) >= 11 is 17.3. The maximum Gasteiger partial charge on any atom is 0.417 e. The van der Waals surface area contributed by atoms with Crippen LogP contribution in [0.25, 0.3) is 5.83 Å². The van der Waals surface area contributed by atoms with Crippen molar-refractivity contribution in [2.24, 2.45) is 10.2 Å². The van der Waals surface area contributed by atoms with Crippen LogP contribution in [0.4, 0.5) is 36.7 Å². The molecule has 2 aromatic carbocycles. The zero-order valence-corrected chi connectivity index (χ0v) is 20.0. The smallest absolute Gasteiger partial charge is 0.265 e. The van der Waals surface area contributed by atoms with E-state index in [1.54, 1.807) is 0 Å². The molecule has 0 aliphatic rings. The number of azo groups is 1. The molecule has 1 unspecified atom stereocenters. The van der Waals surface area contributed by atoms with Crippen LogP contribution in [-0.4, -0.2) is 22.1 Å². The summed E-state index contributed by atoms with van der Waals surface area (Å²) in [5.41, 5.74) is -4.15. The van der Waals surface area contributed by atoms with Gasteiger partial charge in [0.2, 0.25) is 0 Å². The largest absolute Gasteiger partial charge is 0.417 e. The number of hydrogen-bond acceptors (Lipinski definition) is 4. The lowest BCUT2D eigenvalue weighted by Gasteiger charge is -2.19. The third-order valence-electron chi connectivity index (χ3n) is 4.64. The van der Waals surface area contributed by atoms with Gasteiger partial charge >= 0.3 is 12.4 Å². The maximum absolute atomic E-state index is 14.9. The lowest BCUT2D eigenvalue weighted by molar-refractivity contribution is -0.140. The summed E-state index contributed by atoms with van der Waals surface area (Å²) in [4.78, 5) is 19.5. The minimum atomic E-state index is -5.19. The lowest BCUT2D eigenvalue weighted by atomic mass is 9.95. The van der Waals surface area contributed by atoms with Gasteiger partial charge in [0.05, 0.1) is 26.2 Å². The average Bonchev–Trinajstić information content (AvgIpc) is 2.83. The predicted molar refractivity (Wildman–Crippen MR) is 122 cm³/mol. The number of allylic oxidation sites excluding steroid dienone is 1. The number of carbonyl (C=O) groups is 1. The van der Waals surface area contributed by atoms with Crippen LogP contribution in [0, 0.1) is 0 Å². The molecule has 0 saturated heterocycles. The highest BCUT2D eigenvalue weighted by atomic mass is 35.5. The molecule has 15 heteroatoms. The molecule has 5 nitrogen and oxygen atoms in total. The number of hydrogen-bond donors (Lipinski definition) is 0. The van der Waals surface area contributed by atoms with Crippen molar-refractivity contribution in [1.82, 2.24) is 9.97 Å². The number of alkyl halides is 6. The van der Waals surface area contributed by atoms with Crippen LogP contribution in [0.5, 0.6) is 0 Å². The second-order valence-electron chi connectivity index (χ2n) is 7.14. The fourth-order valence-electron chi connectivity index (χ4n) is 2.98. The summed E-state index contributed by atoms with van der Waals surface area (Å²) in [5.74, 6) is -6.08. The summed E-state index contributed by atoms with van der Waals surface area (Å²) in [6, 6.07) is 4.48. The Labute approximate surface area is 218 Å². The first-order valence-electron chi connectivity index (χ1n) is 9.71. The Bertz CT molecular complexity index is 1350. The van der Waals surface area contributed by atoms with Gasteiger partial charge < -0.3 is 0 Å². The minimum absolute atomic E-state index is 0.0549. The van der Waals surface area contributed by atoms with Gasteiger partial charge in [0.25, 0.3) is 11.9 Å². The SMILES string of the molecule is O=C(N=Nc1ncccn1)c1ccc(/C(F)=C/C(c2cc(Cl)c(Cl)c(Cl)c2)C(F)(F)F)cc1C(F)(F)F. The number of halogens is 10. The number of aromatic nitrogens is 2. The number of rotatable bonds is 5. The topological polar surface area (TPSA) is 67.6 Å². The summed E-state index contributed by atoms with van der Waals surface area (Å²) < 4.78 is 97.0. The van der Waals surface area contributed by atoms with Crippen LogP contribution in [-0.2, 0) is 6.18 Å².